The van der Waals surface area contributed by atoms with Crippen molar-refractivity contribution < 1.29 is 74.0 Å². The van der Waals surface area contributed by atoms with Gasteiger partial charge in [-0.1, -0.05) is 39.3 Å². The molecule has 5 saturated heterocycles. The molecule has 9 aliphatic rings. The second-order valence-corrected chi connectivity index (χ2v) is 21.2. The topological polar surface area (TPSA) is 238 Å². The molecule has 0 aromatic heterocycles. The highest BCUT2D eigenvalue weighted by Gasteiger charge is 2.68. The second kappa shape index (κ2) is 16.8. The highest BCUT2D eigenvalue weighted by molar-refractivity contribution is 5.26. The lowest BCUT2D eigenvalue weighted by Crippen LogP contribution is -2.66. The van der Waals surface area contributed by atoms with Crippen molar-refractivity contribution in [1.29, 1.82) is 0 Å². The number of ether oxygens (including phenoxy) is 7. The molecule has 5 aliphatic heterocycles. The normalized spacial score (nSPS) is 58.4. The molecular weight excluding hydrogens is 794 g/mol. The minimum absolute atomic E-state index is 0.00472. The van der Waals surface area contributed by atoms with Gasteiger partial charge in [0.05, 0.1) is 31.0 Å². The van der Waals surface area contributed by atoms with E-state index in [0.29, 0.717) is 54.5 Å². The monoisotopic (exact) mass is 867 g/mol. The van der Waals surface area contributed by atoms with Crippen molar-refractivity contribution in [3.8, 4) is 0 Å². The third-order valence-corrected chi connectivity index (χ3v) is 17.9. The van der Waals surface area contributed by atoms with Gasteiger partial charge in [-0.15, -0.1) is 0 Å². The number of nitrogens with one attached hydrogen (secondary N) is 1. The molecule has 0 unspecified atom stereocenters. The number of hydrogen-bond donors (Lipinski definition) is 9. The van der Waals surface area contributed by atoms with Crippen LogP contribution in [0, 0.1) is 46.3 Å². The molecule has 0 radical (unpaired) electrons. The lowest BCUT2D eigenvalue weighted by atomic mass is 9.47. The molecule has 0 aromatic rings. The number of aliphatic hydroxyl groups is 8. The molecule has 16 nitrogen and oxygen atoms in total. The maximum absolute atomic E-state index is 12.0. The highest BCUT2D eigenvalue weighted by Crippen LogP contribution is 2.70. The predicted octanol–water partition coefficient (Wildman–Crippen LogP) is 0.815. The van der Waals surface area contributed by atoms with Crippen molar-refractivity contribution in [2.75, 3.05) is 13.2 Å². The smallest absolute Gasteiger partial charge is 0.187 e. The zero-order valence-electron chi connectivity index (χ0n) is 36.6. The van der Waals surface area contributed by atoms with Crippen molar-refractivity contribution >= 4 is 0 Å². The molecule has 348 valence electrons. The summed E-state index contributed by atoms with van der Waals surface area (Å²) in [6.07, 6.45) is -9.93. The van der Waals surface area contributed by atoms with Crippen molar-refractivity contribution in [2.45, 2.75) is 209 Å². The van der Waals surface area contributed by atoms with E-state index >= 15 is 0 Å². The van der Waals surface area contributed by atoms with E-state index in [1.807, 2.05) is 0 Å². The van der Waals surface area contributed by atoms with E-state index in [1.165, 1.54) is 38.7 Å². The van der Waals surface area contributed by atoms with Gasteiger partial charge in [-0.05, 0) is 112 Å². The third kappa shape index (κ3) is 7.42. The summed E-state index contributed by atoms with van der Waals surface area (Å²) >= 11 is 0. The SMILES string of the molecule is C[C@@H]1CC[C@@]2(NC1)O[C@@H]1C[C@H]3[C@H]4CC=C5C[C@H](O[C@H]6O[C@@H](CO)[C@@H](O[C@H]7O[C@@H](C)[C@@H](O)[C@@H](O)[C@@H]7O)[C@@H](O)[C@@H]6O[C@H]6O[C@@H](C)[C@@H](O)[C@@H](O)[C@@H]6O)CC[C@@]5(C)[C@@H]4CC[C@@]3(C)[C@H]1[C@@H]2C. The molecule has 3 saturated carbocycles. The minimum Gasteiger partial charge on any atom is -0.394 e. The molecule has 8 fully saturated rings. The van der Waals surface area contributed by atoms with Crippen LogP contribution >= 0.6 is 0 Å². The van der Waals surface area contributed by atoms with Crippen LogP contribution in [0.1, 0.15) is 99.3 Å². The number of aliphatic hydroxyl groups excluding tert-OH is 8. The molecule has 4 aliphatic carbocycles. The van der Waals surface area contributed by atoms with E-state index in [2.05, 4.69) is 39.1 Å². The Morgan fingerprint density at radius 2 is 1.36 bits per heavy atom. The fourth-order valence-electron chi connectivity index (χ4n) is 14.2. The van der Waals surface area contributed by atoms with Crippen LogP contribution in [0.25, 0.3) is 0 Å². The Labute approximate surface area is 359 Å². The van der Waals surface area contributed by atoms with Crippen molar-refractivity contribution in [3.63, 3.8) is 0 Å². The number of rotatable bonds is 7. The zero-order chi connectivity index (χ0) is 43.5. The molecule has 5 heterocycles. The van der Waals surface area contributed by atoms with Crippen LogP contribution in [0.4, 0.5) is 0 Å². The van der Waals surface area contributed by atoms with Crippen molar-refractivity contribution in [2.24, 2.45) is 46.3 Å². The zero-order valence-corrected chi connectivity index (χ0v) is 36.6. The van der Waals surface area contributed by atoms with Crippen LogP contribution in [0.5, 0.6) is 0 Å². The number of hydrogen-bond acceptors (Lipinski definition) is 16. The Balaban J connectivity index is 0.916. The van der Waals surface area contributed by atoms with Crippen molar-refractivity contribution in [3.05, 3.63) is 11.6 Å². The van der Waals surface area contributed by atoms with Gasteiger partial charge < -0.3 is 74.0 Å². The summed E-state index contributed by atoms with van der Waals surface area (Å²) in [7, 11) is 0. The number of piperidine rings is 1. The summed E-state index contributed by atoms with van der Waals surface area (Å²) < 4.78 is 43.7. The fourth-order valence-corrected chi connectivity index (χ4v) is 14.2. The second-order valence-electron chi connectivity index (χ2n) is 21.2. The van der Waals surface area contributed by atoms with Gasteiger partial charge in [0, 0.05) is 12.5 Å². The molecule has 0 bridgehead atoms. The molecule has 9 rings (SSSR count). The largest absolute Gasteiger partial charge is 0.394 e. The molecule has 61 heavy (non-hydrogen) atoms. The van der Waals surface area contributed by atoms with Crippen LogP contribution < -0.4 is 5.32 Å². The quantitative estimate of drug-likeness (QED) is 0.161. The lowest BCUT2D eigenvalue weighted by Gasteiger charge is -2.59. The third-order valence-electron chi connectivity index (χ3n) is 17.9. The Bertz CT molecular complexity index is 1600. The minimum atomic E-state index is -1.70. The van der Waals surface area contributed by atoms with E-state index in [0.717, 1.165) is 32.2 Å². The summed E-state index contributed by atoms with van der Waals surface area (Å²) in [5.74, 6) is 3.43. The molecular formula is C45H73NO15. The van der Waals surface area contributed by atoms with Gasteiger partial charge in [0.1, 0.15) is 66.8 Å². The Kier molecular flexibility index (Phi) is 12.4. The molecule has 0 aromatic carbocycles. The fraction of sp³-hybridized carbons (Fsp3) is 0.956. The van der Waals surface area contributed by atoms with Crippen LogP contribution in [-0.4, -0.2) is 164 Å². The average Bonchev–Trinajstić information content (AvgIpc) is 3.69. The summed E-state index contributed by atoms with van der Waals surface area (Å²) in [6, 6.07) is 0. The maximum Gasteiger partial charge on any atom is 0.187 e. The van der Waals surface area contributed by atoms with E-state index < -0.39 is 98.7 Å². The predicted molar refractivity (Wildman–Crippen MR) is 215 cm³/mol. The standard InChI is InChI=1S/C45H73NO15/c1-19-9-14-45(46-17-19)20(2)30-28(61-45)16-27-25-8-7-23-15-24(10-12-43(23,5)26(25)11-13-44(27,30)6)57-42-39(60-41-36(53)34(51)32(49)22(4)56-41)37(54)38(29(18-47)58-42)59-40-35(52)33(50)31(48)21(3)55-40/h7,19-22,24-42,46-54H,8-18H2,1-6H3/t19-,20+,21+,22+,24-,25+,26-,27+,28-,29+,30+,31-,32-,33-,34-,35+,36+,37-,38-,39+,40-,41-,42+,43-,44-,45-/m1/s1. The van der Waals surface area contributed by atoms with Gasteiger partial charge in [-0.2, -0.15) is 0 Å². The van der Waals surface area contributed by atoms with Gasteiger partial charge in [0.25, 0.3) is 0 Å². The first-order valence-electron chi connectivity index (χ1n) is 23.3. The highest BCUT2D eigenvalue weighted by atomic mass is 16.8. The maximum atomic E-state index is 12.0. The first-order chi connectivity index (χ1) is 28.9. The van der Waals surface area contributed by atoms with Gasteiger partial charge >= 0.3 is 0 Å². The molecule has 16 heteroatoms. The van der Waals surface area contributed by atoms with Crippen LogP contribution in [-0.2, 0) is 33.2 Å². The van der Waals surface area contributed by atoms with E-state index in [-0.39, 0.29) is 22.7 Å². The average molecular weight is 868 g/mol. The van der Waals surface area contributed by atoms with Gasteiger partial charge in [-0.25, -0.2) is 0 Å². The van der Waals surface area contributed by atoms with Crippen LogP contribution in [0.2, 0.25) is 0 Å². The van der Waals surface area contributed by atoms with Gasteiger partial charge in [0.2, 0.25) is 0 Å². The summed E-state index contributed by atoms with van der Waals surface area (Å²) in [5.41, 5.74) is 1.41. The molecule has 26 atom stereocenters. The molecule has 1 spiro atoms. The Morgan fingerprint density at radius 3 is 1.98 bits per heavy atom. The Morgan fingerprint density at radius 1 is 0.705 bits per heavy atom. The van der Waals surface area contributed by atoms with Gasteiger partial charge in [0.15, 0.2) is 18.9 Å². The van der Waals surface area contributed by atoms with Crippen LogP contribution in [0.15, 0.2) is 11.6 Å². The summed E-state index contributed by atoms with van der Waals surface area (Å²) in [6.45, 7) is 13.2. The van der Waals surface area contributed by atoms with E-state index in [1.54, 1.807) is 0 Å². The summed E-state index contributed by atoms with van der Waals surface area (Å²) in [4.78, 5) is 0. The van der Waals surface area contributed by atoms with E-state index in [4.69, 9.17) is 33.2 Å². The molecule has 9 N–H and O–H groups in total. The first kappa shape index (κ1) is 45.3. The number of fused-ring (bicyclic) bond motifs is 7. The van der Waals surface area contributed by atoms with Gasteiger partial charge in [-0.3, -0.25) is 5.32 Å². The summed E-state index contributed by atoms with van der Waals surface area (Å²) in [5, 5.41) is 89.8. The first-order valence-corrected chi connectivity index (χ1v) is 23.3. The van der Waals surface area contributed by atoms with E-state index in [9.17, 15) is 40.9 Å². The van der Waals surface area contributed by atoms with Crippen molar-refractivity contribution in [1.82, 2.24) is 5.32 Å². The molecule has 0 amide bonds. The Hall–Kier alpha value is -0.900. The number of allylic oxidation sites excluding steroid dienone is 1. The van der Waals surface area contributed by atoms with Crippen LogP contribution in [0.3, 0.4) is 0 Å². The lowest BCUT2D eigenvalue weighted by molar-refractivity contribution is -0.388.